The first kappa shape index (κ1) is 30.1. The maximum atomic E-state index is 13.6. The Balaban J connectivity index is 1.40. The minimum absolute atomic E-state index is 0.121. The molecule has 0 radical (unpaired) electrons. The van der Waals surface area contributed by atoms with Crippen LogP contribution in [0.4, 0.5) is 4.39 Å². The summed E-state index contributed by atoms with van der Waals surface area (Å²) >= 11 is 0. The van der Waals surface area contributed by atoms with Crippen LogP contribution in [0.3, 0.4) is 0 Å². The zero-order valence-corrected chi connectivity index (χ0v) is 24.0. The van der Waals surface area contributed by atoms with Crippen LogP contribution in [0, 0.1) is 12.7 Å². The van der Waals surface area contributed by atoms with Crippen LogP contribution in [0.1, 0.15) is 54.9 Å². The second-order valence-electron chi connectivity index (χ2n) is 10.4. The number of halogens is 1. The molecule has 0 saturated carbocycles. The Labute approximate surface area is 242 Å². The Morgan fingerprint density at radius 2 is 1.78 bits per heavy atom. The zero-order valence-electron chi connectivity index (χ0n) is 24.0. The lowest BCUT2D eigenvalue weighted by atomic mass is 10.1. The van der Waals surface area contributed by atoms with Crippen molar-refractivity contribution in [2.24, 2.45) is 0 Å². The van der Waals surface area contributed by atoms with E-state index in [2.05, 4.69) is 17.6 Å². The van der Waals surface area contributed by atoms with E-state index in [-0.39, 0.29) is 24.2 Å². The second kappa shape index (κ2) is 15.2. The molecule has 8 heteroatoms. The predicted molar refractivity (Wildman–Crippen MR) is 157 cm³/mol. The van der Waals surface area contributed by atoms with Crippen molar-refractivity contribution in [1.82, 2.24) is 15.5 Å². The fraction of sp³-hybridized carbons (Fsp3) is 0.394. The number of rotatable bonds is 13. The average Bonchev–Trinajstić information content (AvgIpc) is 3.19. The van der Waals surface area contributed by atoms with Gasteiger partial charge in [-0.1, -0.05) is 43.3 Å². The van der Waals surface area contributed by atoms with E-state index in [0.29, 0.717) is 45.0 Å². The van der Waals surface area contributed by atoms with Crippen molar-refractivity contribution in [3.63, 3.8) is 0 Å². The first-order chi connectivity index (χ1) is 19.9. The minimum atomic E-state index is -0.549. The summed E-state index contributed by atoms with van der Waals surface area (Å²) in [5, 5.41) is 6.30. The number of aryl methyl sites for hydroxylation is 1. The monoisotopic (exact) mass is 561 g/mol. The van der Waals surface area contributed by atoms with Gasteiger partial charge in [-0.3, -0.25) is 9.59 Å². The van der Waals surface area contributed by atoms with Crippen molar-refractivity contribution in [3.8, 4) is 11.5 Å². The topological polar surface area (TPSA) is 79.9 Å². The Hall–Kier alpha value is -3.91. The average molecular weight is 562 g/mol. The van der Waals surface area contributed by atoms with Crippen molar-refractivity contribution < 1.29 is 23.5 Å². The number of amides is 2. The first-order valence-electron chi connectivity index (χ1n) is 14.4. The lowest BCUT2D eigenvalue weighted by Crippen LogP contribution is -2.49. The summed E-state index contributed by atoms with van der Waals surface area (Å²) in [6.07, 6.45) is 3.30. The molecule has 1 aliphatic heterocycles. The third kappa shape index (κ3) is 9.05. The highest BCUT2D eigenvalue weighted by atomic mass is 19.1. The molecule has 4 rings (SSSR count). The summed E-state index contributed by atoms with van der Waals surface area (Å²) in [5.74, 6) is 0.797. The molecule has 0 bridgehead atoms. The van der Waals surface area contributed by atoms with Crippen LogP contribution in [0.2, 0.25) is 0 Å². The van der Waals surface area contributed by atoms with Gasteiger partial charge in [0.1, 0.15) is 23.4 Å². The maximum absolute atomic E-state index is 13.6. The molecule has 1 fully saturated rings. The highest BCUT2D eigenvalue weighted by Crippen LogP contribution is 2.23. The number of nitrogens with zero attached hydrogens (tertiary/aromatic N) is 1. The largest absolute Gasteiger partial charge is 0.493 e. The maximum Gasteiger partial charge on any atom is 0.261 e. The minimum Gasteiger partial charge on any atom is -0.493 e. The lowest BCUT2D eigenvalue weighted by molar-refractivity contribution is -0.142. The van der Waals surface area contributed by atoms with Crippen molar-refractivity contribution in [2.45, 2.75) is 65.2 Å². The molecule has 1 atom stereocenters. The van der Waals surface area contributed by atoms with Crippen LogP contribution in [0.15, 0.2) is 66.7 Å². The van der Waals surface area contributed by atoms with Gasteiger partial charge in [0.15, 0.2) is 6.61 Å². The Morgan fingerprint density at radius 3 is 2.56 bits per heavy atom. The molecule has 1 saturated heterocycles. The van der Waals surface area contributed by atoms with E-state index >= 15 is 0 Å². The third-order valence-electron chi connectivity index (χ3n) is 7.09. The van der Waals surface area contributed by atoms with Crippen LogP contribution in [-0.2, 0) is 29.2 Å². The Kier molecular flexibility index (Phi) is 11.1. The van der Waals surface area contributed by atoms with Gasteiger partial charge in [0.05, 0.1) is 6.61 Å². The van der Waals surface area contributed by atoms with Gasteiger partial charge in [0.2, 0.25) is 5.91 Å². The lowest BCUT2D eigenvalue weighted by Gasteiger charge is -2.30. The molecule has 218 valence electrons. The van der Waals surface area contributed by atoms with Gasteiger partial charge in [-0.15, -0.1) is 0 Å². The van der Waals surface area contributed by atoms with E-state index in [1.54, 1.807) is 17.0 Å². The number of nitrogens with one attached hydrogen (secondary N) is 2. The van der Waals surface area contributed by atoms with Crippen molar-refractivity contribution in [3.05, 3.63) is 94.8 Å². The van der Waals surface area contributed by atoms with Gasteiger partial charge in [-0.05, 0) is 85.2 Å². The van der Waals surface area contributed by atoms with Gasteiger partial charge in [0.25, 0.3) is 5.91 Å². The molecule has 0 aromatic heterocycles. The van der Waals surface area contributed by atoms with Crippen molar-refractivity contribution >= 4 is 11.8 Å². The molecule has 3 aromatic carbocycles. The fourth-order valence-corrected chi connectivity index (χ4v) is 4.90. The summed E-state index contributed by atoms with van der Waals surface area (Å²) in [6.45, 7) is 6.66. The van der Waals surface area contributed by atoms with Crippen LogP contribution >= 0.6 is 0 Å². The quantitative estimate of drug-likeness (QED) is 0.297. The Morgan fingerprint density at radius 1 is 1.00 bits per heavy atom. The summed E-state index contributed by atoms with van der Waals surface area (Å²) < 4.78 is 24.9. The molecular weight excluding hydrogens is 521 g/mol. The second-order valence-corrected chi connectivity index (χ2v) is 10.4. The zero-order chi connectivity index (χ0) is 29.0. The van der Waals surface area contributed by atoms with Gasteiger partial charge in [-0.25, -0.2) is 4.39 Å². The molecule has 1 aliphatic rings. The van der Waals surface area contributed by atoms with E-state index in [0.717, 1.165) is 47.3 Å². The fourth-order valence-electron chi connectivity index (χ4n) is 4.90. The Bertz CT molecular complexity index is 1300. The molecule has 0 aliphatic carbocycles. The van der Waals surface area contributed by atoms with Crippen molar-refractivity contribution in [2.75, 3.05) is 19.8 Å². The summed E-state index contributed by atoms with van der Waals surface area (Å²) in [5.41, 5.74) is 3.92. The third-order valence-corrected chi connectivity index (χ3v) is 7.09. The van der Waals surface area contributed by atoms with Crippen LogP contribution in [0.5, 0.6) is 11.5 Å². The molecule has 3 aromatic rings. The van der Waals surface area contributed by atoms with Crippen LogP contribution in [0.25, 0.3) is 0 Å². The van der Waals surface area contributed by atoms with E-state index in [4.69, 9.17) is 9.47 Å². The van der Waals surface area contributed by atoms with Gasteiger partial charge >= 0.3 is 0 Å². The number of hydrogen-bond acceptors (Lipinski definition) is 5. The van der Waals surface area contributed by atoms with Crippen LogP contribution < -0.4 is 20.1 Å². The highest BCUT2D eigenvalue weighted by molar-refractivity contribution is 5.88. The molecule has 1 heterocycles. The summed E-state index contributed by atoms with van der Waals surface area (Å²) in [7, 11) is 0. The smallest absolute Gasteiger partial charge is 0.261 e. The highest BCUT2D eigenvalue weighted by Gasteiger charge is 2.31. The standard InChI is InChI=1S/C33H40FN3O4/c1-3-17-40-31-15-12-27(18-24(31)2)22-37(30-9-4-5-16-36-33(30)39)32(38)23-41-29-8-6-7-26(19-29)21-35-20-25-10-13-28(34)14-11-25/h6-8,10-15,18-19,30,35H,3-5,9,16-17,20-23H2,1-2H3,(H,36,39)/t30-/m0/s1. The van der Waals surface area contributed by atoms with E-state index < -0.39 is 6.04 Å². The molecular formula is C33H40FN3O4. The van der Waals surface area contributed by atoms with E-state index in [1.165, 1.54) is 12.1 Å². The van der Waals surface area contributed by atoms with E-state index in [1.807, 2.05) is 49.4 Å². The molecule has 2 N–H and O–H groups in total. The summed E-state index contributed by atoms with van der Waals surface area (Å²) in [6, 6.07) is 19.3. The number of hydrogen-bond donors (Lipinski definition) is 2. The van der Waals surface area contributed by atoms with Crippen molar-refractivity contribution in [1.29, 1.82) is 0 Å². The number of benzene rings is 3. The molecule has 2 amide bonds. The normalized spacial score (nSPS) is 15.1. The van der Waals surface area contributed by atoms with Gasteiger partial charge < -0.3 is 25.0 Å². The van der Waals surface area contributed by atoms with E-state index in [9.17, 15) is 14.0 Å². The molecule has 0 spiro atoms. The SMILES string of the molecule is CCCOc1ccc(CN(C(=O)COc2cccc(CNCc3ccc(F)cc3)c2)[C@H]2CCCCNC2=O)cc1C. The predicted octanol–water partition coefficient (Wildman–Crippen LogP) is 5.29. The summed E-state index contributed by atoms with van der Waals surface area (Å²) in [4.78, 5) is 28.2. The molecule has 7 nitrogen and oxygen atoms in total. The number of carbonyl (C=O) groups is 2. The van der Waals surface area contributed by atoms with Gasteiger partial charge in [-0.2, -0.15) is 0 Å². The number of ether oxygens (including phenoxy) is 2. The molecule has 41 heavy (non-hydrogen) atoms. The number of carbonyl (C=O) groups excluding carboxylic acids is 2. The van der Waals surface area contributed by atoms with Gasteiger partial charge in [0, 0.05) is 26.2 Å². The first-order valence-corrected chi connectivity index (χ1v) is 14.4. The van der Waals surface area contributed by atoms with Crippen LogP contribution in [-0.4, -0.2) is 42.5 Å². The molecule has 0 unspecified atom stereocenters.